The van der Waals surface area contributed by atoms with Gasteiger partial charge in [0.05, 0.1) is 12.2 Å². The predicted octanol–water partition coefficient (Wildman–Crippen LogP) is 4.00. The van der Waals surface area contributed by atoms with Crippen molar-refractivity contribution in [1.29, 1.82) is 0 Å². The summed E-state index contributed by atoms with van der Waals surface area (Å²) >= 11 is 0. The number of carboxylic acid groups (broad SMARTS) is 2. The summed E-state index contributed by atoms with van der Waals surface area (Å²) in [7, 11) is 0. The molecule has 15 heteroatoms. The summed E-state index contributed by atoms with van der Waals surface area (Å²) < 4.78 is 63.5. The minimum atomic E-state index is -5.08. The molecule has 0 aliphatic carbocycles. The number of nitrogens with zero attached hydrogens (tertiary/aromatic N) is 1. The van der Waals surface area contributed by atoms with E-state index in [4.69, 9.17) is 19.8 Å². The van der Waals surface area contributed by atoms with Gasteiger partial charge in [0.15, 0.2) is 0 Å². The third-order valence-corrected chi connectivity index (χ3v) is 4.87. The Hall–Kier alpha value is -4.40. The Morgan fingerprint density at radius 1 is 0.842 bits per heavy atom. The Morgan fingerprint density at radius 2 is 1.37 bits per heavy atom. The third kappa shape index (κ3) is 9.24. The summed E-state index contributed by atoms with van der Waals surface area (Å²) in [6, 6.07) is 15.8. The van der Waals surface area contributed by atoms with Crippen molar-refractivity contribution in [3.05, 3.63) is 72.1 Å². The molecule has 0 saturated carbocycles. The fourth-order valence-electron chi connectivity index (χ4n) is 3.02. The van der Waals surface area contributed by atoms with Crippen LogP contribution < -0.4 is 10.6 Å². The maximum atomic E-state index is 12.5. The minimum Gasteiger partial charge on any atom is -0.475 e. The molecule has 0 spiro atoms. The first kappa shape index (κ1) is 29.8. The molecule has 1 aromatic heterocycles. The van der Waals surface area contributed by atoms with Gasteiger partial charge in [-0.05, 0) is 35.2 Å². The van der Waals surface area contributed by atoms with E-state index in [1.165, 1.54) is 11.1 Å². The van der Waals surface area contributed by atoms with E-state index in [1.54, 1.807) is 6.20 Å². The molecule has 2 aromatic carbocycles. The van der Waals surface area contributed by atoms with Crippen molar-refractivity contribution < 1.29 is 50.9 Å². The number of benzene rings is 2. The molecule has 1 aliphatic rings. The topological polar surface area (TPSA) is 144 Å². The number of carbonyl (C=O) groups is 3. The largest absolute Gasteiger partial charge is 0.490 e. The standard InChI is InChI=1S/C19H18N4O.2C2HF3O2/c24-19(18-9-14-3-1-2-4-15(14)10-20-18)23-17-7-5-13(6-8-17)16-11-21-22-12-16;2*3-2(4,5)1(6)7/h1-8,11-12,18,20H,9-10H2,(H,21,22)(H,23,24);2*(H,6,7)/t18-;;/m1../s1. The van der Waals surface area contributed by atoms with Crippen LogP contribution in [0.15, 0.2) is 60.9 Å². The number of aliphatic carboxylic acids is 2. The first-order valence-electron chi connectivity index (χ1n) is 10.5. The van der Waals surface area contributed by atoms with Crippen LogP contribution in [0, 0.1) is 0 Å². The molecule has 0 fully saturated rings. The monoisotopic (exact) mass is 546 g/mol. The molecule has 9 nitrogen and oxygen atoms in total. The zero-order chi connectivity index (χ0) is 28.5. The van der Waals surface area contributed by atoms with E-state index in [1.807, 2.05) is 42.6 Å². The highest BCUT2D eigenvalue weighted by Gasteiger charge is 2.38. The van der Waals surface area contributed by atoms with Crippen molar-refractivity contribution in [3.8, 4) is 11.1 Å². The van der Waals surface area contributed by atoms with Crippen LogP contribution >= 0.6 is 0 Å². The van der Waals surface area contributed by atoms with Gasteiger partial charge in [-0.25, -0.2) is 9.59 Å². The number of carboxylic acids is 2. The first-order valence-corrected chi connectivity index (χ1v) is 10.5. The normalized spacial score (nSPS) is 14.5. The van der Waals surface area contributed by atoms with Gasteiger partial charge in [-0.3, -0.25) is 9.89 Å². The number of halogens is 6. The Morgan fingerprint density at radius 3 is 1.84 bits per heavy atom. The van der Waals surface area contributed by atoms with Crippen LogP contribution in [0.1, 0.15) is 11.1 Å². The molecule has 3 aromatic rings. The number of H-pyrrole nitrogens is 1. The molecule has 2 heterocycles. The van der Waals surface area contributed by atoms with Crippen LogP contribution in [0.3, 0.4) is 0 Å². The Balaban J connectivity index is 0.000000301. The lowest BCUT2D eigenvalue weighted by atomic mass is 9.95. The highest BCUT2D eigenvalue weighted by atomic mass is 19.4. The van der Waals surface area contributed by atoms with E-state index in [0.717, 1.165) is 29.8 Å². The molecule has 0 unspecified atom stereocenters. The van der Waals surface area contributed by atoms with Crippen molar-refractivity contribution in [3.63, 3.8) is 0 Å². The van der Waals surface area contributed by atoms with E-state index >= 15 is 0 Å². The summed E-state index contributed by atoms with van der Waals surface area (Å²) in [6.07, 6.45) is -5.83. The van der Waals surface area contributed by atoms with Crippen molar-refractivity contribution >= 4 is 23.5 Å². The third-order valence-electron chi connectivity index (χ3n) is 4.87. The van der Waals surface area contributed by atoms with Crippen molar-refractivity contribution in [1.82, 2.24) is 15.5 Å². The number of amides is 1. The van der Waals surface area contributed by atoms with Gasteiger partial charge < -0.3 is 20.8 Å². The summed E-state index contributed by atoms with van der Waals surface area (Å²) in [5, 5.41) is 27.3. The second kappa shape index (κ2) is 12.7. The molecule has 1 atom stereocenters. The van der Waals surface area contributed by atoms with Crippen LogP contribution in [0.2, 0.25) is 0 Å². The van der Waals surface area contributed by atoms with Crippen molar-refractivity contribution in [2.75, 3.05) is 5.32 Å². The number of carbonyl (C=O) groups excluding carboxylic acids is 1. The van der Waals surface area contributed by atoms with E-state index < -0.39 is 24.3 Å². The zero-order valence-corrected chi connectivity index (χ0v) is 19.1. The van der Waals surface area contributed by atoms with Gasteiger partial charge >= 0.3 is 24.3 Å². The molecule has 1 aliphatic heterocycles. The van der Waals surface area contributed by atoms with Gasteiger partial charge in [-0.15, -0.1) is 0 Å². The lowest BCUT2D eigenvalue weighted by Crippen LogP contribution is -2.44. The fourth-order valence-corrected chi connectivity index (χ4v) is 3.02. The number of hydrogen-bond donors (Lipinski definition) is 5. The van der Waals surface area contributed by atoms with Crippen LogP contribution in [0.25, 0.3) is 11.1 Å². The minimum absolute atomic E-state index is 0.000522. The average molecular weight is 546 g/mol. The highest BCUT2D eigenvalue weighted by Crippen LogP contribution is 2.21. The fraction of sp³-hybridized carbons (Fsp3) is 0.217. The second-order valence-electron chi connectivity index (χ2n) is 7.57. The Labute approximate surface area is 210 Å². The molecular formula is C23H20F6N4O5. The van der Waals surface area contributed by atoms with Gasteiger partial charge in [-0.1, -0.05) is 36.4 Å². The number of nitrogens with one attached hydrogen (secondary N) is 3. The number of aromatic nitrogens is 2. The number of rotatable bonds is 3. The molecule has 0 bridgehead atoms. The number of alkyl halides is 6. The van der Waals surface area contributed by atoms with Crippen LogP contribution in [-0.4, -0.2) is 56.7 Å². The highest BCUT2D eigenvalue weighted by molar-refractivity contribution is 5.95. The number of hydrogen-bond acceptors (Lipinski definition) is 5. The first-order chi connectivity index (χ1) is 17.7. The van der Waals surface area contributed by atoms with Gasteiger partial charge in [0, 0.05) is 24.0 Å². The number of aromatic amines is 1. The van der Waals surface area contributed by atoms with Crippen LogP contribution in [0.4, 0.5) is 32.0 Å². The Bertz CT molecular complexity index is 1200. The van der Waals surface area contributed by atoms with Crippen molar-refractivity contribution in [2.24, 2.45) is 0 Å². The van der Waals surface area contributed by atoms with Crippen molar-refractivity contribution in [2.45, 2.75) is 31.4 Å². The zero-order valence-electron chi connectivity index (χ0n) is 19.1. The van der Waals surface area contributed by atoms with E-state index in [0.29, 0.717) is 0 Å². The lowest BCUT2D eigenvalue weighted by Gasteiger charge is -2.25. The van der Waals surface area contributed by atoms with E-state index in [9.17, 15) is 31.1 Å². The summed E-state index contributed by atoms with van der Waals surface area (Å²) in [6.45, 7) is 0.730. The molecular weight excluding hydrogens is 526 g/mol. The molecule has 0 saturated heterocycles. The SMILES string of the molecule is O=C(Nc1ccc(-c2cn[nH]c2)cc1)[C@H]1Cc2ccccc2CN1.O=C(O)C(F)(F)F.O=C(O)C(F)(F)F. The molecule has 0 radical (unpaired) electrons. The van der Waals surface area contributed by atoms with Crippen LogP contribution in [0.5, 0.6) is 0 Å². The maximum absolute atomic E-state index is 12.5. The summed E-state index contributed by atoms with van der Waals surface area (Å²) in [5.74, 6) is -5.51. The molecule has 5 N–H and O–H groups in total. The summed E-state index contributed by atoms with van der Waals surface area (Å²) in [5.41, 5.74) is 5.40. The van der Waals surface area contributed by atoms with Gasteiger partial charge in [0.25, 0.3) is 0 Å². The van der Waals surface area contributed by atoms with Gasteiger partial charge in [0.2, 0.25) is 5.91 Å². The number of anilines is 1. The van der Waals surface area contributed by atoms with Gasteiger partial charge in [-0.2, -0.15) is 31.4 Å². The maximum Gasteiger partial charge on any atom is 0.490 e. The predicted molar refractivity (Wildman–Crippen MR) is 121 cm³/mol. The summed E-state index contributed by atoms with van der Waals surface area (Å²) in [4.78, 5) is 30.3. The molecule has 38 heavy (non-hydrogen) atoms. The lowest BCUT2D eigenvalue weighted by molar-refractivity contribution is -0.193. The molecule has 4 rings (SSSR count). The smallest absolute Gasteiger partial charge is 0.475 e. The second-order valence-corrected chi connectivity index (χ2v) is 7.57. The van der Waals surface area contributed by atoms with Crippen LogP contribution in [-0.2, 0) is 27.3 Å². The molecule has 1 amide bonds. The van der Waals surface area contributed by atoms with Gasteiger partial charge in [0.1, 0.15) is 0 Å². The van der Waals surface area contributed by atoms with E-state index in [-0.39, 0.29) is 11.9 Å². The number of fused-ring (bicyclic) bond motifs is 1. The quantitative estimate of drug-likeness (QED) is 0.313. The van der Waals surface area contributed by atoms with E-state index in [2.05, 4.69) is 33.0 Å². The Kier molecular flexibility index (Phi) is 9.98. The molecule has 204 valence electrons. The average Bonchev–Trinajstić information content (AvgIpc) is 3.39.